The first-order valence-electron chi connectivity index (χ1n) is 6.38. The number of hydrogen-bond acceptors (Lipinski definition) is 6. The molecule has 0 radical (unpaired) electrons. The van der Waals surface area contributed by atoms with Gasteiger partial charge >= 0.3 is 0 Å². The van der Waals surface area contributed by atoms with E-state index in [1.54, 1.807) is 23.1 Å². The Hall–Kier alpha value is -2.18. The molecule has 19 heavy (non-hydrogen) atoms. The number of rotatable bonds is 5. The first kappa shape index (κ1) is 13.3. The maximum absolute atomic E-state index is 5.72. The topological polar surface area (TPSA) is 94.5 Å². The quantitative estimate of drug-likeness (QED) is 0.846. The molecule has 0 saturated heterocycles. The predicted octanol–water partition coefficient (Wildman–Crippen LogP) is 1.49. The van der Waals surface area contributed by atoms with Crippen molar-refractivity contribution in [2.24, 2.45) is 5.92 Å². The lowest BCUT2D eigenvalue weighted by Gasteiger charge is -2.20. The molecule has 7 nitrogen and oxygen atoms in total. The summed E-state index contributed by atoms with van der Waals surface area (Å²) in [6.07, 6.45) is 4.41. The van der Waals surface area contributed by atoms with E-state index >= 15 is 0 Å². The fraction of sp³-hybridized carbons (Fsp3) is 0.500. The average molecular weight is 261 g/mol. The molecule has 102 valence electrons. The Morgan fingerprint density at radius 2 is 2.11 bits per heavy atom. The number of hydrogen-bond donors (Lipinski definition) is 2. The zero-order chi connectivity index (χ0) is 13.8. The van der Waals surface area contributed by atoms with E-state index in [0.29, 0.717) is 23.9 Å². The Bertz CT molecular complexity index is 521. The van der Waals surface area contributed by atoms with Gasteiger partial charge in [0, 0.05) is 18.4 Å². The van der Waals surface area contributed by atoms with Gasteiger partial charge in [0.25, 0.3) is 5.95 Å². The largest absolute Gasteiger partial charge is 0.368 e. The number of nitrogens with two attached hydrogens (primary N) is 1. The smallest absolute Gasteiger partial charge is 0.257 e. The van der Waals surface area contributed by atoms with Crippen LogP contribution < -0.4 is 11.1 Å². The van der Waals surface area contributed by atoms with Crippen molar-refractivity contribution in [2.45, 2.75) is 33.2 Å². The van der Waals surface area contributed by atoms with Crippen molar-refractivity contribution in [1.82, 2.24) is 24.7 Å². The van der Waals surface area contributed by atoms with Crippen molar-refractivity contribution in [3.05, 3.63) is 18.5 Å². The number of nitrogens with zero attached hydrogens (tertiary/aromatic N) is 5. The SMILES string of the molecule is CCC(Nc1nc(N)nc(-n2cccn2)n1)C(C)C. The van der Waals surface area contributed by atoms with Crippen LogP contribution in [0.15, 0.2) is 18.5 Å². The van der Waals surface area contributed by atoms with Crippen LogP contribution in [0, 0.1) is 5.92 Å². The van der Waals surface area contributed by atoms with E-state index in [1.165, 1.54) is 0 Å². The summed E-state index contributed by atoms with van der Waals surface area (Å²) in [5, 5.41) is 7.37. The second kappa shape index (κ2) is 5.64. The number of aromatic nitrogens is 5. The monoisotopic (exact) mass is 261 g/mol. The van der Waals surface area contributed by atoms with Gasteiger partial charge in [0.05, 0.1) is 0 Å². The molecule has 2 heterocycles. The molecule has 0 fully saturated rings. The summed E-state index contributed by atoms with van der Waals surface area (Å²) >= 11 is 0. The van der Waals surface area contributed by atoms with Gasteiger partial charge in [-0.3, -0.25) is 0 Å². The molecule has 0 aliphatic carbocycles. The Morgan fingerprint density at radius 3 is 2.68 bits per heavy atom. The van der Waals surface area contributed by atoms with Crippen LogP contribution in [0.5, 0.6) is 0 Å². The lowest BCUT2D eigenvalue weighted by Crippen LogP contribution is -2.26. The summed E-state index contributed by atoms with van der Waals surface area (Å²) in [5.41, 5.74) is 5.72. The second-order valence-electron chi connectivity index (χ2n) is 4.67. The van der Waals surface area contributed by atoms with Gasteiger partial charge in [-0.25, -0.2) is 4.68 Å². The zero-order valence-electron chi connectivity index (χ0n) is 11.4. The highest BCUT2D eigenvalue weighted by Crippen LogP contribution is 2.13. The third-order valence-electron chi connectivity index (χ3n) is 2.91. The van der Waals surface area contributed by atoms with Crippen molar-refractivity contribution in [3.63, 3.8) is 0 Å². The molecule has 2 rings (SSSR count). The third-order valence-corrected chi connectivity index (χ3v) is 2.91. The van der Waals surface area contributed by atoms with E-state index < -0.39 is 0 Å². The van der Waals surface area contributed by atoms with Crippen LogP contribution >= 0.6 is 0 Å². The van der Waals surface area contributed by atoms with E-state index in [1.807, 2.05) is 0 Å². The summed E-state index contributed by atoms with van der Waals surface area (Å²) in [6, 6.07) is 2.10. The zero-order valence-corrected chi connectivity index (χ0v) is 11.4. The van der Waals surface area contributed by atoms with Gasteiger partial charge in [0.1, 0.15) is 0 Å². The molecule has 0 amide bonds. The minimum atomic E-state index is 0.182. The fourth-order valence-electron chi connectivity index (χ4n) is 1.84. The molecule has 0 bridgehead atoms. The molecule has 0 aliphatic heterocycles. The summed E-state index contributed by atoms with van der Waals surface area (Å²) < 4.78 is 1.56. The molecule has 1 atom stereocenters. The average Bonchev–Trinajstić information content (AvgIpc) is 2.88. The van der Waals surface area contributed by atoms with Gasteiger partial charge in [-0.15, -0.1) is 0 Å². The second-order valence-corrected chi connectivity index (χ2v) is 4.67. The van der Waals surface area contributed by atoms with Crippen molar-refractivity contribution < 1.29 is 0 Å². The van der Waals surface area contributed by atoms with Crippen molar-refractivity contribution in [1.29, 1.82) is 0 Å². The number of anilines is 2. The fourth-order valence-corrected chi connectivity index (χ4v) is 1.84. The van der Waals surface area contributed by atoms with Crippen LogP contribution in [0.2, 0.25) is 0 Å². The minimum absolute atomic E-state index is 0.182. The maximum atomic E-state index is 5.72. The van der Waals surface area contributed by atoms with E-state index in [9.17, 15) is 0 Å². The Balaban J connectivity index is 2.27. The maximum Gasteiger partial charge on any atom is 0.257 e. The van der Waals surface area contributed by atoms with Crippen LogP contribution in [0.4, 0.5) is 11.9 Å². The minimum Gasteiger partial charge on any atom is -0.368 e. The molecule has 3 N–H and O–H groups in total. The highest BCUT2D eigenvalue weighted by molar-refractivity contribution is 5.35. The summed E-state index contributed by atoms with van der Waals surface area (Å²) in [5.74, 6) is 1.56. The summed E-state index contributed by atoms with van der Waals surface area (Å²) in [6.45, 7) is 6.43. The van der Waals surface area contributed by atoms with Crippen LogP contribution in [0.25, 0.3) is 5.95 Å². The lowest BCUT2D eigenvalue weighted by atomic mass is 10.0. The van der Waals surface area contributed by atoms with Gasteiger partial charge < -0.3 is 11.1 Å². The van der Waals surface area contributed by atoms with Crippen molar-refractivity contribution >= 4 is 11.9 Å². The Labute approximate surface area is 112 Å². The molecule has 0 saturated carbocycles. The van der Waals surface area contributed by atoms with E-state index in [-0.39, 0.29) is 5.95 Å². The highest BCUT2D eigenvalue weighted by atomic mass is 15.4. The predicted molar refractivity (Wildman–Crippen MR) is 73.9 cm³/mol. The van der Waals surface area contributed by atoms with Crippen molar-refractivity contribution in [3.8, 4) is 5.95 Å². The van der Waals surface area contributed by atoms with Crippen LogP contribution in [0.1, 0.15) is 27.2 Å². The summed E-state index contributed by atoms with van der Waals surface area (Å²) in [7, 11) is 0. The van der Waals surface area contributed by atoms with Gasteiger partial charge in [-0.2, -0.15) is 20.1 Å². The highest BCUT2D eigenvalue weighted by Gasteiger charge is 2.14. The normalized spacial score (nSPS) is 12.6. The third kappa shape index (κ3) is 3.18. The molecular weight excluding hydrogens is 242 g/mol. The lowest BCUT2D eigenvalue weighted by molar-refractivity contribution is 0.507. The first-order chi connectivity index (χ1) is 9.10. The van der Waals surface area contributed by atoms with E-state index in [2.05, 4.69) is 46.1 Å². The van der Waals surface area contributed by atoms with Crippen LogP contribution in [0.3, 0.4) is 0 Å². The molecule has 1 unspecified atom stereocenters. The molecular formula is C12H19N7. The van der Waals surface area contributed by atoms with Gasteiger partial charge in [0.15, 0.2) is 0 Å². The van der Waals surface area contributed by atoms with Gasteiger partial charge in [-0.05, 0) is 18.4 Å². The number of nitrogens with one attached hydrogen (secondary N) is 1. The van der Waals surface area contributed by atoms with Crippen molar-refractivity contribution in [2.75, 3.05) is 11.1 Å². The van der Waals surface area contributed by atoms with Gasteiger partial charge in [-0.1, -0.05) is 20.8 Å². The van der Waals surface area contributed by atoms with Crippen LogP contribution in [-0.2, 0) is 0 Å². The summed E-state index contributed by atoms with van der Waals surface area (Å²) in [4.78, 5) is 12.5. The molecule has 2 aromatic heterocycles. The molecule has 0 aromatic carbocycles. The van der Waals surface area contributed by atoms with Crippen LogP contribution in [-0.4, -0.2) is 30.8 Å². The number of nitrogen functional groups attached to an aromatic ring is 1. The molecule has 0 spiro atoms. The standard InChI is InChI=1S/C12H19N7/c1-4-9(8(2)3)15-11-16-10(13)17-12(18-11)19-7-5-6-14-19/h5-9H,4H2,1-3H3,(H3,13,15,16,17,18). The Kier molecular flexibility index (Phi) is 3.94. The van der Waals surface area contributed by atoms with Gasteiger partial charge in [0.2, 0.25) is 11.9 Å². The Morgan fingerprint density at radius 1 is 1.32 bits per heavy atom. The molecule has 2 aromatic rings. The van der Waals surface area contributed by atoms with E-state index in [0.717, 1.165) is 6.42 Å². The van der Waals surface area contributed by atoms with E-state index in [4.69, 9.17) is 5.73 Å². The molecule has 7 heteroatoms. The first-order valence-corrected chi connectivity index (χ1v) is 6.38. The molecule has 0 aliphatic rings.